The first-order valence-corrected chi connectivity index (χ1v) is 7.22. The molecule has 0 atom stereocenters. The van der Waals surface area contributed by atoms with Crippen molar-refractivity contribution >= 4 is 23.4 Å². The standard InChI is InChI=1S/C16H17N3O6/c1-19(6-7-20)9-4-2-8(3-5-9)10-11(15(22)23)13(17)18-14(21)12(10)16(24)25/h2-5,20H,6-7H2,1H3,(H,22,23)(H,24,25)(H3,17,18,21). The van der Waals surface area contributed by atoms with Crippen molar-refractivity contribution in [3.05, 3.63) is 45.7 Å². The number of pyridine rings is 1. The van der Waals surface area contributed by atoms with Gasteiger partial charge in [0.2, 0.25) is 0 Å². The second kappa shape index (κ2) is 7.05. The summed E-state index contributed by atoms with van der Waals surface area (Å²) in [6.45, 7) is 0.340. The van der Waals surface area contributed by atoms with E-state index in [1.807, 2.05) is 0 Å². The SMILES string of the molecule is CN(CCO)c1ccc(-c2c(C(=O)O)c(N)[nH]c(=O)c2C(=O)O)cc1. The largest absolute Gasteiger partial charge is 0.478 e. The molecule has 6 N–H and O–H groups in total. The number of nitrogens with one attached hydrogen (secondary N) is 1. The van der Waals surface area contributed by atoms with E-state index in [9.17, 15) is 24.6 Å². The molecule has 1 heterocycles. The molecule has 0 saturated heterocycles. The highest BCUT2D eigenvalue weighted by molar-refractivity contribution is 6.07. The molecule has 0 saturated carbocycles. The van der Waals surface area contributed by atoms with Crippen LogP contribution in [-0.4, -0.2) is 52.4 Å². The Morgan fingerprint density at radius 1 is 1.12 bits per heavy atom. The number of likely N-dealkylation sites (N-methyl/N-ethyl adjacent to an activating group) is 1. The Hall–Kier alpha value is -3.33. The number of aromatic amines is 1. The van der Waals surface area contributed by atoms with Gasteiger partial charge in [0.05, 0.1) is 6.61 Å². The topological polar surface area (TPSA) is 157 Å². The van der Waals surface area contributed by atoms with Crippen molar-refractivity contribution < 1.29 is 24.9 Å². The van der Waals surface area contributed by atoms with Crippen molar-refractivity contribution in [1.29, 1.82) is 0 Å². The van der Waals surface area contributed by atoms with Crippen LogP contribution in [0.5, 0.6) is 0 Å². The van der Waals surface area contributed by atoms with Gasteiger partial charge in [0.15, 0.2) is 0 Å². The number of carbonyl (C=O) groups is 2. The van der Waals surface area contributed by atoms with Crippen molar-refractivity contribution in [2.24, 2.45) is 0 Å². The predicted octanol–water partition coefficient (Wildman–Crippen LogP) is 0.449. The molecule has 0 aliphatic rings. The number of carboxylic acids is 2. The monoisotopic (exact) mass is 347 g/mol. The Kier molecular flexibility index (Phi) is 5.08. The molecule has 0 unspecified atom stereocenters. The number of aliphatic hydroxyl groups is 1. The fourth-order valence-corrected chi connectivity index (χ4v) is 2.50. The number of aromatic carboxylic acids is 2. The van der Waals surface area contributed by atoms with Crippen LogP contribution < -0.4 is 16.2 Å². The Balaban J connectivity index is 2.71. The lowest BCUT2D eigenvalue weighted by Crippen LogP contribution is -2.24. The number of benzene rings is 1. The van der Waals surface area contributed by atoms with Crippen LogP contribution in [0.2, 0.25) is 0 Å². The minimum atomic E-state index is -1.56. The van der Waals surface area contributed by atoms with Crippen LogP contribution in [0.1, 0.15) is 20.7 Å². The van der Waals surface area contributed by atoms with Gasteiger partial charge in [-0.2, -0.15) is 0 Å². The number of rotatable bonds is 6. The van der Waals surface area contributed by atoms with Crippen LogP contribution >= 0.6 is 0 Å². The van der Waals surface area contributed by atoms with Crippen molar-refractivity contribution in [3.63, 3.8) is 0 Å². The molecule has 1 aromatic heterocycles. The van der Waals surface area contributed by atoms with Gasteiger partial charge in [-0.15, -0.1) is 0 Å². The lowest BCUT2D eigenvalue weighted by Gasteiger charge is -2.18. The third-order valence-electron chi connectivity index (χ3n) is 3.70. The zero-order valence-electron chi connectivity index (χ0n) is 13.3. The number of nitrogen functional groups attached to an aromatic ring is 1. The molecule has 132 valence electrons. The summed E-state index contributed by atoms with van der Waals surface area (Å²) >= 11 is 0. The molecule has 9 nitrogen and oxygen atoms in total. The van der Waals surface area contributed by atoms with Crippen LogP contribution in [-0.2, 0) is 0 Å². The second-order valence-electron chi connectivity index (χ2n) is 5.30. The number of nitrogens with zero attached hydrogens (tertiary/aromatic N) is 1. The molecular formula is C16H17N3O6. The summed E-state index contributed by atoms with van der Waals surface area (Å²) in [6, 6.07) is 6.24. The molecule has 2 aromatic rings. The van der Waals surface area contributed by atoms with E-state index in [0.717, 1.165) is 5.69 Å². The van der Waals surface area contributed by atoms with Crippen LogP contribution in [0.15, 0.2) is 29.1 Å². The highest BCUT2D eigenvalue weighted by atomic mass is 16.4. The second-order valence-corrected chi connectivity index (χ2v) is 5.30. The number of anilines is 2. The molecule has 0 fully saturated rings. The Labute approximate surface area is 141 Å². The van der Waals surface area contributed by atoms with Gasteiger partial charge in [-0.3, -0.25) is 4.79 Å². The summed E-state index contributed by atoms with van der Waals surface area (Å²) in [5.41, 5.74) is 4.14. The number of nitrogens with two attached hydrogens (primary N) is 1. The average molecular weight is 347 g/mol. The van der Waals surface area contributed by atoms with Crippen molar-refractivity contribution in [2.45, 2.75) is 0 Å². The van der Waals surface area contributed by atoms with Gasteiger partial charge < -0.3 is 30.9 Å². The van der Waals surface area contributed by atoms with Gasteiger partial charge >= 0.3 is 11.9 Å². The molecule has 0 aliphatic carbocycles. The fraction of sp³-hybridized carbons (Fsp3) is 0.188. The summed E-state index contributed by atoms with van der Waals surface area (Å²) < 4.78 is 0. The number of H-pyrrole nitrogens is 1. The van der Waals surface area contributed by atoms with Crippen molar-refractivity contribution in [3.8, 4) is 11.1 Å². The molecule has 0 aliphatic heterocycles. The van der Waals surface area contributed by atoms with E-state index < -0.39 is 34.4 Å². The minimum absolute atomic E-state index is 0.0465. The summed E-state index contributed by atoms with van der Waals surface area (Å²) in [6.07, 6.45) is 0. The summed E-state index contributed by atoms with van der Waals surface area (Å²) in [5, 5.41) is 27.7. The third-order valence-corrected chi connectivity index (χ3v) is 3.70. The minimum Gasteiger partial charge on any atom is -0.478 e. The molecular weight excluding hydrogens is 330 g/mol. The maximum atomic E-state index is 12.0. The van der Waals surface area contributed by atoms with Crippen LogP contribution in [0.3, 0.4) is 0 Å². The normalized spacial score (nSPS) is 10.5. The van der Waals surface area contributed by atoms with Gasteiger partial charge in [0, 0.05) is 24.8 Å². The smallest absolute Gasteiger partial charge is 0.342 e. The quantitative estimate of drug-likeness (QED) is 0.504. The number of aromatic nitrogens is 1. The van der Waals surface area contributed by atoms with Crippen LogP contribution in [0.25, 0.3) is 11.1 Å². The average Bonchev–Trinajstić information content (AvgIpc) is 2.53. The molecule has 9 heteroatoms. The predicted molar refractivity (Wildman–Crippen MR) is 91.2 cm³/mol. The first-order valence-electron chi connectivity index (χ1n) is 7.22. The molecule has 0 radical (unpaired) electrons. The van der Waals surface area contributed by atoms with Gasteiger partial charge in [-0.1, -0.05) is 12.1 Å². The van der Waals surface area contributed by atoms with E-state index in [4.69, 9.17) is 10.8 Å². The molecule has 0 amide bonds. The van der Waals surface area contributed by atoms with E-state index in [1.54, 1.807) is 24.1 Å². The van der Waals surface area contributed by atoms with E-state index in [0.29, 0.717) is 6.54 Å². The van der Waals surface area contributed by atoms with Gasteiger partial charge in [0.1, 0.15) is 16.9 Å². The zero-order valence-corrected chi connectivity index (χ0v) is 13.3. The maximum Gasteiger partial charge on any atom is 0.342 e. The van der Waals surface area contributed by atoms with E-state index >= 15 is 0 Å². The maximum absolute atomic E-state index is 12.0. The van der Waals surface area contributed by atoms with Crippen LogP contribution in [0.4, 0.5) is 11.5 Å². The Morgan fingerprint density at radius 3 is 2.16 bits per heavy atom. The molecule has 1 aromatic carbocycles. The Morgan fingerprint density at radius 2 is 1.68 bits per heavy atom. The molecule has 0 bridgehead atoms. The van der Waals surface area contributed by atoms with Crippen LogP contribution in [0, 0.1) is 0 Å². The summed E-state index contributed by atoms with van der Waals surface area (Å²) in [7, 11) is 1.75. The fourth-order valence-electron chi connectivity index (χ4n) is 2.50. The lowest BCUT2D eigenvalue weighted by molar-refractivity contribution is 0.0695. The highest BCUT2D eigenvalue weighted by Crippen LogP contribution is 2.30. The number of hydrogen-bond donors (Lipinski definition) is 5. The van der Waals surface area contributed by atoms with E-state index in [-0.39, 0.29) is 17.7 Å². The summed E-state index contributed by atoms with van der Waals surface area (Å²) in [4.78, 5) is 38.8. The molecule has 25 heavy (non-hydrogen) atoms. The third kappa shape index (κ3) is 3.45. The first-order chi connectivity index (χ1) is 11.8. The molecule has 0 spiro atoms. The van der Waals surface area contributed by atoms with Gasteiger partial charge in [0.25, 0.3) is 5.56 Å². The Bertz CT molecular complexity index is 873. The first kappa shape index (κ1) is 18.0. The number of carboxylic acid groups (broad SMARTS) is 2. The number of aliphatic hydroxyl groups excluding tert-OH is 1. The van der Waals surface area contributed by atoms with E-state index in [2.05, 4.69) is 4.98 Å². The zero-order chi connectivity index (χ0) is 18.7. The number of hydrogen-bond acceptors (Lipinski definition) is 6. The highest BCUT2D eigenvalue weighted by Gasteiger charge is 2.26. The summed E-state index contributed by atoms with van der Waals surface area (Å²) in [5.74, 6) is -3.42. The van der Waals surface area contributed by atoms with Gasteiger partial charge in [-0.05, 0) is 17.7 Å². The van der Waals surface area contributed by atoms with Crippen molar-refractivity contribution in [1.82, 2.24) is 4.98 Å². The lowest BCUT2D eigenvalue weighted by atomic mass is 9.95. The molecule has 2 rings (SSSR count). The van der Waals surface area contributed by atoms with Gasteiger partial charge in [-0.25, -0.2) is 9.59 Å². The van der Waals surface area contributed by atoms with Crippen molar-refractivity contribution in [2.75, 3.05) is 30.8 Å². The van der Waals surface area contributed by atoms with E-state index in [1.165, 1.54) is 12.1 Å².